The Balaban J connectivity index is 2.06. The van der Waals surface area contributed by atoms with Gasteiger partial charge in [0.2, 0.25) is 5.91 Å². The first-order valence-corrected chi connectivity index (χ1v) is 10.9. The topological polar surface area (TPSA) is 49.4 Å². The van der Waals surface area contributed by atoms with Gasteiger partial charge in [-0.3, -0.25) is 14.5 Å². The van der Waals surface area contributed by atoms with E-state index in [0.29, 0.717) is 40.4 Å². The van der Waals surface area contributed by atoms with Crippen molar-refractivity contribution < 1.29 is 9.59 Å². The van der Waals surface area contributed by atoms with Crippen LogP contribution in [0.25, 0.3) is 0 Å². The van der Waals surface area contributed by atoms with Gasteiger partial charge in [0.05, 0.1) is 27.5 Å². The third-order valence-electron chi connectivity index (χ3n) is 5.75. The average Bonchev–Trinajstić information content (AvgIpc) is 2.82. The van der Waals surface area contributed by atoms with Crippen LogP contribution in [-0.2, 0) is 9.59 Å². The quantitative estimate of drug-likeness (QED) is 0.573. The van der Waals surface area contributed by atoms with Gasteiger partial charge in [-0.15, -0.1) is 0 Å². The summed E-state index contributed by atoms with van der Waals surface area (Å²) < 4.78 is 0. The molecule has 0 radical (unpaired) electrons. The highest BCUT2D eigenvalue weighted by atomic mass is 35.5. The molecule has 4 nitrogen and oxygen atoms in total. The molecule has 0 unspecified atom stereocenters. The van der Waals surface area contributed by atoms with Crippen molar-refractivity contribution in [1.82, 2.24) is 0 Å². The van der Waals surface area contributed by atoms with E-state index in [9.17, 15) is 9.59 Å². The van der Waals surface area contributed by atoms with Crippen LogP contribution >= 0.6 is 23.2 Å². The Kier molecular flexibility index (Phi) is 5.41. The lowest BCUT2D eigenvalue weighted by Crippen LogP contribution is -2.39. The average molecular weight is 443 g/mol. The summed E-state index contributed by atoms with van der Waals surface area (Å²) in [6, 6.07) is 12.4. The molecule has 1 amide bonds. The predicted molar refractivity (Wildman–Crippen MR) is 122 cm³/mol. The monoisotopic (exact) mass is 442 g/mol. The van der Waals surface area contributed by atoms with Crippen LogP contribution in [0.2, 0.25) is 10.0 Å². The van der Waals surface area contributed by atoms with E-state index in [4.69, 9.17) is 23.2 Å². The van der Waals surface area contributed by atoms with Crippen LogP contribution in [0.15, 0.2) is 53.7 Å². The van der Waals surface area contributed by atoms with E-state index in [2.05, 4.69) is 19.2 Å². The number of nitrogens with zero attached hydrogens (tertiary/aromatic N) is 1. The van der Waals surface area contributed by atoms with E-state index in [1.807, 2.05) is 37.3 Å². The number of carbonyl (C=O) groups is 2. The fourth-order valence-corrected chi connectivity index (χ4v) is 4.87. The van der Waals surface area contributed by atoms with Crippen LogP contribution in [0.5, 0.6) is 0 Å². The van der Waals surface area contributed by atoms with Gasteiger partial charge in [-0.2, -0.15) is 0 Å². The number of hydrogen-bond donors (Lipinski definition) is 1. The van der Waals surface area contributed by atoms with Gasteiger partial charge in [-0.05, 0) is 35.6 Å². The Labute approximate surface area is 186 Å². The number of benzene rings is 2. The van der Waals surface area contributed by atoms with Crippen LogP contribution in [0.3, 0.4) is 0 Å². The van der Waals surface area contributed by atoms with Crippen molar-refractivity contribution in [1.29, 1.82) is 0 Å². The SMILES string of the molecule is CCC(=O)N1c2ccccc2NC2=C(C(=O)CC(C)(C)C2)[C@@H]1c1cccc(Cl)c1Cl. The molecular formula is C24H24Cl2N2O2. The maximum atomic E-state index is 13.5. The molecule has 2 aromatic rings. The van der Waals surface area contributed by atoms with Gasteiger partial charge in [-0.25, -0.2) is 0 Å². The normalized spacial score (nSPS) is 20.2. The van der Waals surface area contributed by atoms with E-state index in [0.717, 1.165) is 17.1 Å². The molecule has 1 atom stereocenters. The third kappa shape index (κ3) is 3.52. The number of allylic oxidation sites excluding steroid dienone is 1. The molecular weight excluding hydrogens is 419 g/mol. The number of Topliss-reactive ketones (excluding diaryl/α,β-unsaturated/α-hetero) is 1. The Hall–Kier alpha value is -2.30. The van der Waals surface area contributed by atoms with Gasteiger partial charge in [0.1, 0.15) is 0 Å². The van der Waals surface area contributed by atoms with Gasteiger partial charge >= 0.3 is 0 Å². The molecule has 30 heavy (non-hydrogen) atoms. The number of fused-ring (bicyclic) bond motifs is 1. The lowest BCUT2D eigenvalue weighted by molar-refractivity contribution is -0.119. The number of para-hydroxylation sites is 2. The van der Waals surface area contributed by atoms with Crippen LogP contribution in [0.4, 0.5) is 11.4 Å². The standard InChI is InChI=1S/C24H24Cl2N2O2/c1-4-20(30)28-18-11-6-5-10-16(18)27-17-12-24(2,3)13-19(29)21(17)23(28)14-8-7-9-15(25)22(14)26/h5-11,23,27H,4,12-13H2,1-3H3/t23-/m0/s1. The molecule has 6 heteroatoms. The molecule has 1 aliphatic heterocycles. The molecule has 2 aliphatic rings. The summed E-state index contributed by atoms with van der Waals surface area (Å²) in [6.07, 6.45) is 1.41. The zero-order chi connectivity index (χ0) is 21.6. The summed E-state index contributed by atoms with van der Waals surface area (Å²) in [5.41, 5.74) is 3.45. The first kappa shape index (κ1) is 21.0. The van der Waals surface area contributed by atoms with E-state index in [1.54, 1.807) is 17.0 Å². The number of hydrogen-bond acceptors (Lipinski definition) is 3. The van der Waals surface area contributed by atoms with Crippen molar-refractivity contribution >= 4 is 46.3 Å². The van der Waals surface area contributed by atoms with Gasteiger partial charge in [0, 0.05) is 24.1 Å². The minimum absolute atomic E-state index is 0.0245. The second-order valence-electron chi connectivity index (χ2n) is 8.64. The van der Waals surface area contributed by atoms with E-state index in [-0.39, 0.29) is 17.1 Å². The maximum Gasteiger partial charge on any atom is 0.227 e. The first-order chi connectivity index (χ1) is 14.2. The number of amides is 1. The van der Waals surface area contributed by atoms with Crippen molar-refractivity contribution in [2.45, 2.75) is 46.1 Å². The maximum absolute atomic E-state index is 13.5. The minimum atomic E-state index is -0.640. The molecule has 0 spiro atoms. The summed E-state index contributed by atoms with van der Waals surface area (Å²) in [5.74, 6) is -0.0619. The van der Waals surface area contributed by atoms with Crippen molar-refractivity contribution in [2.24, 2.45) is 5.41 Å². The van der Waals surface area contributed by atoms with Gasteiger partial charge in [-0.1, -0.05) is 68.2 Å². The fraction of sp³-hybridized carbons (Fsp3) is 0.333. The van der Waals surface area contributed by atoms with Crippen molar-refractivity contribution in [3.05, 3.63) is 69.3 Å². The molecule has 0 saturated carbocycles. The van der Waals surface area contributed by atoms with Gasteiger partial charge < -0.3 is 5.32 Å². The third-order valence-corrected chi connectivity index (χ3v) is 6.58. The van der Waals surface area contributed by atoms with Crippen molar-refractivity contribution in [3.8, 4) is 0 Å². The lowest BCUT2D eigenvalue weighted by Gasteiger charge is -2.37. The molecule has 1 heterocycles. The first-order valence-electron chi connectivity index (χ1n) is 10.1. The van der Waals surface area contributed by atoms with Crippen molar-refractivity contribution in [3.63, 3.8) is 0 Å². The molecule has 0 fully saturated rings. The van der Waals surface area contributed by atoms with E-state index in [1.165, 1.54) is 0 Å². The van der Waals surface area contributed by atoms with E-state index < -0.39 is 6.04 Å². The Morgan fingerprint density at radius 1 is 1.13 bits per heavy atom. The molecule has 156 valence electrons. The smallest absolute Gasteiger partial charge is 0.227 e. The summed E-state index contributed by atoms with van der Waals surface area (Å²) in [6.45, 7) is 5.99. The summed E-state index contributed by atoms with van der Waals surface area (Å²) in [5, 5.41) is 4.24. The molecule has 4 rings (SSSR count). The Morgan fingerprint density at radius 2 is 1.87 bits per heavy atom. The summed E-state index contributed by atoms with van der Waals surface area (Å²) in [4.78, 5) is 28.4. The molecule has 2 aromatic carbocycles. The molecule has 0 bridgehead atoms. The number of carbonyl (C=O) groups excluding carboxylic acids is 2. The van der Waals surface area contributed by atoms with Crippen LogP contribution in [-0.4, -0.2) is 11.7 Å². The molecule has 0 aromatic heterocycles. The largest absolute Gasteiger partial charge is 0.357 e. The second-order valence-corrected chi connectivity index (χ2v) is 9.42. The number of rotatable bonds is 2. The van der Waals surface area contributed by atoms with Gasteiger partial charge in [0.15, 0.2) is 5.78 Å². The summed E-state index contributed by atoms with van der Waals surface area (Å²) >= 11 is 13.0. The number of nitrogens with one attached hydrogen (secondary N) is 1. The Bertz CT molecular complexity index is 1070. The van der Waals surface area contributed by atoms with E-state index >= 15 is 0 Å². The fourth-order valence-electron chi connectivity index (χ4n) is 4.46. The molecule has 0 saturated heterocycles. The zero-order valence-corrected chi connectivity index (χ0v) is 18.8. The Morgan fingerprint density at radius 3 is 2.60 bits per heavy atom. The van der Waals surface area contributed by atoms with Crippen LogP contribution in [0, 0.1) is 5.41 Å². The summed E-state index contributed by atoms with van der Waals surface area (Å²) in [7, 11) is 0. The lowest BCUT2D eigenvalue weighted by atomic mass is 9.73. The second kappa shape index (κ2) is 7.75. The number of anilines is 2. The number of ketones is 1. The highest BCUT2D eigenvalue weighted by molar-refractivity contribution is 6.42. The highest BCUT2D eigenvalue weighted by Gasteiger charge is 2.43. The predicted octanol–water partition coefficient (Wildman–Crippen LogP) is 6.55. The molecule has 1 N–H and O–H groups in total. The zero-order valence-electron chi connectivity index (χ0n) is 17.3. The van der Waals surface area contributed by atoms with Gasteiger partial charge in [0.25, 0.3) is 0 Å². The highest BCUT2D eigenvalue weighted by Crippen LogP contribution is 2.50. The minimum Gasteiger partial charge on any atom is -0.357 e. The van der Waals surface area contributed by atoms with Crippen LogP contribution in [0.1, 0.15) is 51.6 Å². The molecule has 1 aliphatic carbocycles. The van der Waals surface area contributed by atoms with Crippen LogP contribution < -0.4 is 10.2 Å². The number of halogens is 2. The van der Waals surface area contributed by atoms with Crippen molar-refractivity contribution in [2.75, 3.05) is 10.2 Å².